The van der Waals surface area contributed by atoms with Gasteiger partial charge in [-0.3, -0.25) is 14.5 Å². The molecule has 4 heterocycles. The van der Waals surface area contributed by atoms with E-state index in [9.17, 15) is 9.59 Å². The van der Waals surface area contributed by atoms with Gasteiger partial charge in [0.05, 0.1) is 25.4 Å². The third-order valence-electron chi connectivity index (χ3n) is 7.41. The highest BCUT2D eigenvalue weighted by atomic mass is 16.5. The fourth-order valence-electron chi connectivity index (χ4n) is 5.27. The van der Waals surface area contributed by atoms with Crippen LogP contribution in [-0.2, 0) is 6.54 Å². The van der Waals surface area contributed by atoms with Crippen LogP contribution < -0.4 is 10.3 Å². The summed E-state index contributed by atoms with van der Waals surface area (Å²) in [7, 11) is 1.63. The first-order valence-electron chi connectivity index (χ1n) is 13.1. The van der Waals surface area contributed by atoms with Crippen LogP contribution in [0.15, 0.2) is 76.1 Å². The molecule has 0 bridgehead atoms. The second-order valence-electron chi connectivity index (χ2n) is 9.84. The number of pyridine rings is 1. The molecule has 204 valence electrons. The number of H-pyrrole nitrogens is 1. The second-order valence-corrected chi connectivity index (χ2v) is 9.84. The van der Waals surface area contributed by atoms with Crippen LogP contribution in [0, 0.1) is 6.92 Å². The van der Waals surface area contributed by atoms with Gasteiger partial charge in [-0.2, -0.15) is 0 Å². The van der Waals surface area contributed by atoms with Crippen molar-refractivity contribution in [3.05, 3.63) is 106 Å². The van der Waals surface area contributed by atoms with Gasteiger partial charge in [0.2, 0.25) is 0 Å². The zero-order valence-electron chi connectivity index (χ0n) is 22.3. The van der Waals surface area contributed by atoms with E-state index >= 15 is 0 Å². The molecule has 1 aliphatic rings. The minimum absolute atomic E-state index is 0.149. The molecule has 1 N–H and O–H groups in total. The minimum atomic E-state index is -0.525. The molecular formula is C29H29N7O4. The van der Waals surface area contributed by atoms with Crippen LogP contribution in [0.2, 0.25) is 0 Å². The summed E-state index contributed by atoms with van der Waals surface area (Å²) in [5.74, 6) is 1.48. The number of nitrogens with one attached hydrogen (secondary N) is 1. The van der Waals surface area contributed by atoms with Crippen LogP contribution >= 0.6 is 0 Å². The lowest BCUT2D eigenvalue weighted by molar-refractivity contribution is 0.0558. The molecule has 0 spiro atoms. The highest BCUT2D eigenvalue weighted by Gasteiger charge is 2.34. The van der Waals surface area contributed by atoms with Crippen molar-refractivity contribution < 1.29 is 13.9 Å². The maximum absolute atomic E-state index is 13.6. The van der Waals surface area contributed by atoms with E-state index in [1.165, 1.54) is 6.26 Å². The second kappa shape index (κ2) is 10.8. The molecule has 40 heavy (non-hydrogen) atoms. The monoisotopic (exact) mass is 539 g/mol. The summed E-state index contributed by atoms with van der Waals surface area (Å²) >= 11 is 0. The average Bonchev–Trinajstić information content (AvgIpc) is 3.68. The Hall–Kier alpha value is -4.77. The minimum Gasteiger partial charge on any atom is -0.497 e. The zero-order chi connectivity index (χ0) is 27.6. The number of benzene rings is 2. The van der Waals surface area contributed by atoms with Gasteiger partial charge in [-0.25, -0.2) is 4.68 Å². The van der Waals surface area contributed by atoms with Gasteiger partial charge in [-0.05, 0) is 64.2 Å². The molecule has 0 unspecified atom stereocenters. The van der Waals surface area contributed by atoms with Crippen molar-refractivity contribution in [3.8, 4) is 5.75 Å². The fourth-order valence-corrected chi connectivity index (χ4v) is 5.27. The number of hydrogen-bond donors (Lipinski definition) is 1. The molecule has 0 saturated carbocycles. The van der Waals surface area contributed by atoms with E-state index in [0.717, 1.165) is 27.8 Å². The Morgan fingerprint density at radius 3 is 2.60 bits per heavy atom. The Balaban J connectivity index is 1.36. The number of aromatic nitrogens is 5. The number of furan rings is 1. The first-order chi connectivity index (χ1) is 19.5. The lowest BCUT2D eigenvalue weighted by Crippen LogP contribution is -2.50. The summed E-state index contributed by atoms with van der Waals surface area (Å²) in [6, 6.07) is 18.4. The number of aromatic amines is 1. The SMILES string of the molecule is COc1ccc(Cn2nnnc2[C@H](c2cc3cccc(C)c3[nH]c2=O)N2CCN(C(=O)c3ccco3)CC2)cc1. The van der Waals surface area contributed by atoms with E-state index < -0.39 is 6.04 Å². The lowest BCUT2D eigenvalue weighted by Gasteiger charge is -2.38. The third kappa shape index (κ3) is 4.87. The van der Waals surface area contributed by atoms with Crippen LogP contribution in [0.25, 0.3) is 10.9 Å². The molecule has 1 aliphatic heterocycles. The molecule has 1 atom stereocenters. The van der Waals surface area contributed by atoms with Gasteiger partial charge >= 0.3 is 0 Å². The summed E-state index contributed by atoms with van der Waals surface area (Å²) in [6.45, 7) is 4.39. The molecule has 11 nitrogen and oxygen atoms in total. The summed E-state index contributed by atoms with van der Waals surface area (Å²) in [5.41, 5.74) is 3.15. The van der Waals surface area contributed by atoms with Gasteiger partial charge in [0.1, 0.15) is 11.8 Å². The van der Waals surface area contributed by atoms with Gasteiger partial charge in [-0.1, -0.05) is 30.3 Å². The number of aryl methyl sites for hydroxylation is 1. The number of hydrogen-bond acceptors (Lipinski definition) is 8. The van der Waals surface area contributed by atoms with Crippen molar-refractivity contribution in [2.45, 2.75) is 19.5 Å². The van der Waals surface area contributed by atoms with Crippen molar-refractivity contribution in [1.82, 2.24) is 35.0 Å². The quantitative estimate of drug-likeness (QED) is 0.335. The van der Waals surface area contributed by atoms with E-state index in [4.69, 9.17) is 9.15 Å². The number of fused-ring (bicyclic) bond motifs is 1. The summed E-state index contributed by atoms with van der Waals surface area (Å²) < 4.78 is 12.3. The molecule has 1 amide bonds. The highest BCUT2D eigenvalue weighted by Crippen LogP contribution is 2.29. The van der Waals surface area contributed by atoms with Gasteiger partial charge in [-0.15, -0.1) is 5.10 Å². The van der Waals surface area contributed by atoms with Crippen LogP contribution in [0.5, 0.6) is 5.75 Å². The fraction of sp³-hybridized carbons (Fsp3) is 0.276. The van der Waals surface area contributed by atoms with Crippen molar-refractivity contribution in [2.75, 3.05) is 33.3 Å². The van der Waals surface area contributed by atoms with Gasteiger partial charge < -0.3 is 19.0 Å². The number of rotatable bonds is 7. The molecule has 3 aromatic heterocycles. The molecule has 1 saturated heterocycles. The predicted molar refractivity (Wildman–Crippen MR) is 147 cm³/mol. The number of carbonyl (C=O) groups excluding carboxylic acids is 1. The van der Waals surface area contributed by atoms with Crippen LogP contribution in [0.4, 0.5) is 0 Å². The number of para-hydroxylation sites is 1. The predicted octanol–water partition coefficient (Wildman–Crippen LogP) is 3.02. The number of methoxy groups -OCH3 is 1. The van der Waals surface area contributed by atoms with E-state index in [1.54, 1.807) is 28.8 Å². The summed E-state index contributed by atoms with van der Waals surface area (Å²) in [4.78, 5) is 33.5. The molecule has 5 aromatic rings. The number of carbonyl (C=O) groups is 1. The van der Waals surface area contributed by atoms with Crippen molar-refractivity contribution in [1.29, 1.82) is 0 Å². The first kappa shape index (κ1) is 25.5. The largest absolute Gasteiger partial charge is 0.497 e. The Morgan fingerprint density at radius 1 is 1.07 bits per heavy atom. The summed E-state index contributed by atoms with van der Waals surface area (Å²) in [6.07, 6.45) is 1.50. The number of tetrazole rings is 1. The average molecular weight is 540 g/mol. The van der Waals surface area contributed by atoms with Crippen LogP contribution in [0.3, 0.4) is 0 Å². The molecule has 1 fully saturated rings. The number of piperazine rings is 1. The number of nitrogens with zero attached hydrogens (tertiary/aromatic N) is 6. The van der Waals surface area contributed by atoms with E-state index in [-0.39, 0.29) is 11.5 Å². The van der Waals surface area contributed by atoms with E-state index in [1.807, 2.05) is 55.5 Å². The highest BCUT2D eigenvalue weighted by molar-refractivity contribution is 5.91. The van der Waals surface area contributed by atoms with Crippen LogP contribution in [0.1, 0.15) is 39.1 Å². The van der Waals surface area contributed by atoms with Crippen LogP contribution in [-0.4, -0.2) is 74.2 Å². The zero-order valence-corrected chi connectivity index (χ0v) is 22.3. The van der Waals surface area contributed by atoms with E-state index in [0.29, 0.717) is 49.9 Å². The Morgan fingerprint density at radius 2 is 1.88 bits per heavy atom. The van der Waals surface area contributed by atoms with E-state index in [2.05, 4.69) is 25.4 Å². The third-order valence-corrected chi connectivity index (χ3v) is 7.41. The van der Waals surface area contributed by atoms with Gasteiger partial charge in [0, 0.05) is 31.7 Å². The molecule has 11 heteroatoms. The number of amides is 1. The Kier molecular flexibility index (Phi) is 6.87. The standard InChI is InChI=1S/C29H29N7O4/c1-19-5-3-6-21-17-23(28(37)30-25(19)21)26(34-12-14-35(15-13-34)29(38)24-7-4-16-40-24)27-31-32-33-36(27)18-20-8-10-22(39-2)11-9-20/h3-11,16-17,26H,12-15,18H2,1-2H3,(H,30,37)/t26-/m0/s1. The Bertz CT molecular complexity index is 1680. The maximum Gasteiger partial charge on any atom is 0.289 e. The normalized spacial score (nSPS) is 14.9. The van der Waals surface area contributed by atoms with Gasteiger partial charge in [0.25, 0.3) is 11.5 Å². The topological polar surface area (TPSA) is 122 Å². The molecule has 6 rings (SSSR count). The smallest absolute Gasteiger partial charge is 0.289 e. The van der Waals surface area contributed by atoms with Crippen molar-refractivity contribution >= 4 is 16.8 Å². The maximum atomic E-state index is 13.6. The van der Waals surface area contributed by atoms with Gasteiger partial charge in [0.15, 0.2) is 11.6 Å². The lowest BCUT2D eigenvalue weighted by atomic mass is 10.0. The molecule has 0 radical (unpaired) electrons. The van der Waals surface area contributed by atoms with Crippen molar-refractivity contribution in [3.63, 3.8) is 0 Å². The molecule has 2 aromatic carbocycles. The van der Waals surface area contributed by atoms with Crippen molar-refractivity contribution in [2.24, 2.45) is 0 Å². The first-order valence-corrected chi connectivity index (χ1v) is 13.1. The number of ether oxygens (including phenoxy) is 1. The molecular weight excluding hydrogens is 510 g/mol. The summed E-state index contributed by atoms with van der Waals surface area (Å²) in [5, 5.41) is 13.6. The Labute approximate surface area is 230 Å². The molecule has 0 aliphatic carbocycles.